The maximum absolute atomic E-state index is 12.7. The molecule has 1 fully saturated rings. The second kappa shape index (κ2) is 9.80. The number of benzene rings is 2. The highest BCUT2D eigenvalue weighted by Crippen LogP contribution is 2.36. The van der Waals surface area contributed by atoms with Crippen molar-refractivity contribution in [1.29, 1.82) is 0 Å². The predicted octanol–water partition coefficient (Wildman–Crippen LogP) is 3.19. The fourth-order valence-electron chi connectivity index (χ4n) is 2.89. The van der Waals surface area contributed by atoms with Crippen molar-refractivity contribution < 1.29 is 22.6 Å². The molecule has 1 saturated heterocycles. The minimum Gasteiger partial charge on any atom is -0.495 e. The minimum absolute atomic E-state index is 0.220. The number of thiocarbonyl (C=S) groups is 1. The smallest absolute Gasteiger partial charge is 0.243 e. The molecule has 3 rings (SSSR count). The topological polar surface area (TPSA) is 89.1 Å². The van der Waals surface area contributed by atoms with Gasteiger partial charge in [-0.15, -0.1) is 0 Å². The van der Waals surface area contributed by atoms with E-state index in [-0.39, 0.29) is 4.90 Å². The monoisotopic (exact) mass is 471 g/mol. The Hall–Kier alpha value is -2.11. The number of methoxy groups -OCH3 is 2. The number of ether oxygens (including phenoxy) is 3. The number of anilines is 2. The third kappa shape index (κ3) is 5.13. The summed E-state index contributed by atoms with van der Waals surface area (Å²) in [5.41, 5.74) is 1.19. The normalized spacial score (nSPS) is 14.8. The standard InChI is InChI=1S/C19H22ClN3O5S2/c1-26-17-12-18(27-2)16(11-15(17)20)22-19(29)21-13-3-5-14(6-4-13)30(24,25)23-7-9-28-10-8-23/h3-6,11-12H,7-10H2,1-2H3,(H2,21,22,29). The van der Waals surface area contributed by atoms with Crippen molar-refractivity contribution in [2.75, 3.05) is 51.2 Å². The molecule has 1 heterocycles. The van der Waals surface area contributed by atoms with Crippen LogP contribution in [0.15, 0.2) is 41.3 Å². The molecule has 0 amide bonds. The summed E-state index contributed by atoms with van der Waals surface area (Å²) >= 11 is 11.5. The molecule has 1 aliphatic heterocycles. The van der Waals surface area contributed by atoms with Crippen LogP contribution in [0.5, 0.6) is 11.5 Å². The summed E-state index contributed by atoms with van der Waals surface area (Å²) in [5.74, 6) is 0.988. The molecular formula is C19H22ClN3O5S2. The van der Waals surface area contributed by atoms with Gasteiger partial charge in [0, 0.05) is 24.8 Å². The number of nitrogens with zero attached hydrogens (tertiary/aromatic N) is 1. The zero-order valence-corrected chi connectivity index (χ0v) is 18.9. The van der Waals surface area contributed by atoms with Crippen molar-refractivity contribution in [3.63, 3.8) is 0 Å². The lowest BCUT2D eigenvalue weighted by atomic mass is 10.2. The Morgan fingerprint density at radius 2 is 1.70 bits per heavy atom. The van der Waals surface area contributed by atoms with Gasteiger partial charge in [0.25, 0.3) is 0 Å². The van der Waals surface area contributed by atoms with E-state index in [9.17, 15) is 8.42 Å². The highest BCUT2D eigenvalue weighted by atomic mass is 35.5. The van der Waals surface area contributed by atoms with Gasteiger partial charge in [-0.2, -0.15) is 4.31 Å². The van der Waals surface area contributed by atoms with Gasteiger partial charge in [-0.1, -0.05) is 11.6 Å². The summed E-state index contributed by atoms with van der Waals surface area (Å²) in [7, 11) is -0.500. The predicted molar refractivity (Wildman–Crippen MR) is 120 cm³/mol. The van der Waals surface area contributed by atoms with E-state index < -0.39 is 10.0 Å². The fourth-order valence-corrected chi connectivity index (χ4v) is 4.77. The summed E-state index contributed by atoms with van der Waals surface area (Å²) in [6, 6.07) is 9.68. The summed E-state index contributed by atoms with van der Waals surface area (Å²) in [5, 5.41) is 6.72. The molecule has 0 unspecified atom stereocenters. The van der Waals surface area contributed by atoms with E-state index in [2.05, 4.69) is 10.6 Å². The Kier molecular flexibility index (Phi) is 7.37. The molecule has 0 atom stereocenters. The largest absolute Gasteiger partial charge is 0.495 e. The van der Waals surface area contributed by atoms with Gasteiger partial charge in [0.2, 0.25) is 10.0 Å². The number of sulfonamides is 1. The molecule has 0 saturated carbocycles. The van der Waals surface area contributed by atoms with E-state index in [1.54, 1.807) is 36.4 Å². The first-order chi connectivity index (χ1) is 14.3. The Labute approximate surface area is 186 Å². The van der Waals surface area contributed by atoms with E-state index in [0.717, 1.165) is 0 Å². The second-order valence-corrected chi connectivity index (χ2v) is 9.06. The summed E-state index contributed by atoms with van der Waals surface area (Å²) in [4.78, 5) is 0.220. The van der Waals surface area contributed by atoms with Crippen molar-refractivity contribution in [3.8, 4) is 11.5 Å². The van der Waals surface area contributed by atoms with Gasteiger partial charge in [0.15, 0.2) is 5.11 Å². The summed E-state index contributed by atoms with van der Waals surface area (Å²) in [6.07, 6.45) is 0. The molecule has 162 valence electrons. The zero-order chi connectivity index (χ0) is 21.7. The first-order valence-corrected chi connectivity index (χ1v) is 11.3. The molecule has 0 spiro atoms. The number of rotatable bonds is 6. The van der Waals surface area contributed by atoms with Crippen LogP contribution >= 0.6 is 23.8 Å². The molecule has 30 heavy (non-hydrogen) atoms. The fraction of sp³-hybridized carbons (Fsp3) is 0.316. The van der Waals surface area contributed by atoms with E-state index in [1.807, 2.05) is 0 Å². The highest BCUT2D eigenvalue weighted by molar-refractivity contribution is 7.89. The van der Waals surface area contributed by atoms with Gasteiger partial charge in [-0.05, 0) is 42.5 Å². The Morgan fingerprint density at radius 1 is 1.07 bits per heavy atom. The van der Waals surface area contributed by atoms with Crippen LogP contribution in [0.25, 0.3) is 0 Å². The van der Waals surface area contributed by atoms with Crippen molar-refractivity contribution in [1.82, 2.24) is 4.31 Å². The van der Waals surface area contributed by atoms with Gasteiger partial charge < -0.3 is 24.8 Å². The van der Waals surface area contributed by atoms with Gasteiger partial charge in [-0.25, -0.2) is 8.42 Å². The van der Waals surface area contributed by atoms with Gasteiger partial charge >= 0.3 is 0 Å². The first-order valence-electron chi connectivity index (χ1n) is 9.02. The van der Waals surface area contributed by atoms with Crippen molar-refractivity contribution in [3.05, 3.63) is 41.4 Å². The minimum atomic E-state index is -3.54. The molecule has 11 heteroatoms. The van der Waals surface area contributed by atoms with E-state index in [1.165, 1.54) is 18.5 Å². The Morgan fingerprint density at radius 3 is 2.30 bits per heavy atom. The van der Waals surface area contributed by atoms with E-state index >= 15 is 0 Å². The molecule has 2 aromatic rings. The van der Waals surface area contributed by atoms with Crippen LogP contribution < -0.4 is 20.1 Å². The summed E-state index contributed by atoms with van der Waals surface area (Å²) < 4.78 is 42.5. The quantitative estimate of drug-likeness (QED) is 0.621. The molecule has 0 bridgehead atoms. The lowest BCUT2D eigenvalue weighted by Gasteiger charge is -2.26. The lowest BCUT2D eigenvalue weighted by Crippen LogP contribution is -2.40. The van der Waals surface area contributed by atoms with Crippen LogP contribution in [-0.2, 0) is 14.8 Å². The Bertz CT molecular complexity index is 1010. The van der Waals surface area contributed by atoms with Crippen molar-refractivity contribution in [2.45, 2.75) is 4.90 Å². The number of hydrogen-bond acceptors (Lipinski definition) is 6. The SMILES string of the molecule is COc1cc(OC)c(NC(=S)Nc2ccc(S(=O)(=O)N3CCOCC3)cc2)cc1Cl. The Balaban J connectivity index is 1.68. The van der Waals surface area contributed by atoms with Crippen LogP contribution in [0, 0.1) is 0 Å². The van der Waals surface area contributed by atoms with Crippen LogP contribution in [0.3, 0.4) is 0 Å². The molecular weight excluding hydrogens is 450 g/mol. The number of hydrogen-bond donors (Lipinski definition) is 2. The molecule has 0 aromatic heterocycles. The van der Waals surface area contributed by atoms with E-state index in [4.69, 9.17) is 38.0 Å². The third-order valence-corrected chi connectivity index (χ3v) is 6.85. The number of halogens is 1. The van der Waals surface area contributed by atoms with E-state index in [0.29, 0.717) is 59.3 Å². The molecule has 8 nitrogen and oxygen atoms in total. The van der Waals surface area contributed by atoms with Crippen LogP contribution in [-0.4, -0.2) is 58.4 Å². The average molecular weight is 472 g/mol. The van der Waals surface area contributed by atoms with Crippen LogP contribution in [0.4, 0.5) is 11.4 Å². The average Bonchev–Trinajstić information content (AvgIpc) is 2.75. The maximum atomic E-state index is 12.7. The first kappa shape index (κ1) is 22.6. The maximum Gasteiger partial charge on any atom is 0.243 e. The van der Waals surface area contributed by atoms with Crippen molar-refractivity contribution >= 4 is 50.3 Å². The van der Waals surface area contributed by atoms with Crippen LogP contribution in [0.1, 0.15) is 0 Å². The van der Waals surface area contributed by atoms with Gasteiger partial charge in [0.1, 0.15) is 11.5 Å². The lowest BCUT2D eigenvalue weighted by molar-refractivity contribution is 0.0730. The summed E-state index contributed by atoms with van der Waals surface area (Å²) in [6.45, 7) is 1.50. The molecule has 2 aromatic carbocycles. The number of nitrogens with one attached hydrogen (secondary N) is 2. The second-order valence-electron chi connectivity index (χ2n) is 6.31. The highest BCUT2D eigenvalue weighted by Gasteiger charge is 2.26. The number of morpholine rings is 1. The molecule has 2 N–H and O–H groups in total. The van der Waals surface area contributed by atoms with Crippen LogP contribution in [0.2, 0.25) is 5.02 Å². The molecule has 1 aliphatic rings. The molecule has 0 aliphatic carbocycles. The van der Waals surface area contributed by atoms with Crippen molar-refractivity contribution in [2.24, 2.45) is 0 Å². The third-order valence-electron chi connectivity index (χ3n) is 4.44. The van der Waals surface area contributed by atoms with Gasteiger partial charge in [-0.3, -0.25) is 0 Å². The molecule has 0 radical (unpaired) electrons. The van der Waals surface area contributed by atoms with Gasteiger partial charge in [0.05, 0.1) is 43.0 Å². The zero-order valence-electron chi connectivity index (χ0n) is 16.5.